The Hall–Kier alpha value is -2.93. The van der Waals surface area contributed by atoms with Gasteiger partial charge in [0.2, 0.25) is 0 Å². The molecule has 0 amide bonds. The Bertz CT molecular complexity index is 1320. The molecule has 188 valence electrons. The highest BCUT2D eigenvalue weighted by molar-refractivity contribution is 6.36. The summed E-state index contributed by atoms with van der Waals surface area (Å²) >= 11 is 13.3. The fourth-order valence-electron chi connectivity index (χ4n) is 4.93. The molecule has 3 N–H and O–H groups in total. The second kappa shape index (κ2) is 9.85. The molecule has 3 aromatic rings. The van der Waals surface area contributed by atoms with Crippen LogP contribution in [0.5, 0.6) is 11.5 Å². The molecule has 0 aliphatic heterocycles. The van der Waals surface area contributed by atoms with Gasteiger partial charge in [-0.15, -0.1) is 0 Å². The Labute approximate surface area is 220 Å². The number of hydrogen-bond acceptors (Lipinski definition) is 5. The molecule has 0 bridgehead atoms. The zero-order valence-corrected chi connectivity index (χ0v) is 21.7. The van der Waals surface area contributed by atoms with Crippen molar-refractivity contribution in [2.75, 3.05) is 19.5 Å². The normalized spacial score (nSPS) is 17.4. The molecule has 8 heteroatoms. The standard InChI is InChI=1S/C28H28Cl2N2O4/c1-31-22-8-4-7-20(26(22)30)17-5-3-6-19-18(17)9-10-23(19)36-25-14-24(35-2)16(13-21(25)29)15-32-28(11-12-28)27(33)34/h3-8,13-14,23,31-32H,9-12,15H2,1-2H3,(H,33,34). The minimum absolute atomic E-state index is 0.154. The fraction of sp³-hybridized carbons (Fsp3) is 0.321. The van der Waals surface area contributed by atoms with Gasteiger partial charge in [-0.3, -0.25) is 10.1 Å². The molecular formula is C28H28Cl2N2O4. The smallest absolute Gasteiger partial charge is 0.323 e. The summed E-state index contributed by atoms with van der Waals surface area (Å²) in [7, 11) is 3.44. The average Bonchev–Trinajstić information content (AvgIpc) is 3.58. The summed E-state index contributed by atoms with van der Waals surface area (Å²) in [6.45, 7) is 0.345. The van der Waals surface area contributed by atoms with Crippen LogP contribution in [0.2, 0.25) is 10.0 Å². The first kappa shape index (κ1) is 24.8. The lowest BCUT2D eigenvalue weighted by molar-refractivity contribution is -0.140. The number of carboxylic acid groups (broad SMARTS) is 1. The number of halogens is 2. The molecule has 2 aliphatic rings. The molecular weight excluding hydrogens is 499 g/mol. The molecule has 0 heterocycles. The van der Waals surface area contributed by atoms with E-state index in [0.29, 0.717) is 40.9 Å². The van der Waals surface area contributed by atoms with Crippen LogP contribution in [0.25, 0.3) is 11.1 Å². The minimum atomic E-state index is -0.840. The van der Waals surface area contributed by atoms with Gasteiger partial charge in [0.1, 0.15) is 23.1 Å². The van der Waals surface area contributed by atoms with Gasteiger partial charge in [-0.1, -0.05) is 53.5 Å². The fourth-order valence-corrected chi connectivity index (χ4v) is 5.48. The van der Waals surface area contributed by atoms with Gasteiger partial charge in [0.15, 0.2) is 0 Å². The first-order valence-corrected chi connectivity index (χ1v) is 12.7. The van der Waals surface area contributed by atoms with Gasteiger partial charge in [0.05, 0.1) is 22.8 Å². The van der Waals surface area contributed by atoms with Crippen molar-refractivity contribution in [1.29, 1.82) is 0 Å². The van der Waals surface area contributed by atoms with Crippen molar-refractivity contribution in [1.82, 2.24) is 5.32 Å². The Balaban J connectivity index is 1.39. The first-order chi connectivity index (χ1) is 17.4. The number of ether oxygens (including phenoxy) is 2. The molecule has 1 unspecified atom stereocenters. The van der Waals surface area contributed by atoms with Crippen LogP contribution in [0, 0.1) is 0 Å². The largest absolute Gasteiger partial charge is 0.496 e. The van der Waals surface area contributed by atoms with E-state index in [4.69, 9.17) is 32.7 Å². The van der Waals surface area contributed by atoms with Crippen LogP contribution in [0.1, 0.15) is 42.1 Å². The van der Waals surface area contributed by atoms with E-state index in [0.717, 1.165) is 40.8 Å². The molecule has 1 fully saturated rings. The minimum Gasteiger partial charge on any atom is -0.496 e. The Morgan fingerprint density at radius 3 is 2.56 bits per heavy atom. The average molecular weight is 527 g/mol. The number of benzene rings is 3. The topological polar surface area (TPSA) is 79.8 Å². The summed E-state index contributed by atoms with van der Waals surface area (Å²) in [6.07, 6.45) is 2.77. The van der Waals surface area contributed by atoms with Gasteiger partial charge >= 0.3 is 5.97 Å². The lowest BCUT2D eigenvalue weighted by atomic mass is 9.96. The van der Waals surface area contributed by atoms with Gasteiger partial charge in [-0.05, 0) is 54.5 Å². The maximum atomic E-state index is 11.5. The van der Waals surface area contributed by atoms with Crippen molar-refractivity contribution in [2.45, 2.75) is 43.9 Å². The molecule has 0 saturated heterocycles. The zero-order chi connectivity index (χ0) is 25.4. The molecule has 0 aromatic heterocycles. The number of anilines is 1. The third-order valence-corrected chi connectivity index (χ3v) is 7.86. The quantitative estimate of drug-likeness (QED) is 0.296. The van der Waals surface area contributed by atoms with Crippen molar-refractivity contribution < 1.29 is 19.4 Å². The molecule has 3 aromatic carbocycles. The number of carboxylic acids is 1. The number of rotatable bonds is 9. The van der Waals surface area contributed by atoms with Crippen LogP contribution in [-0.4, -0.2) is 30.8 Å². The summed E-state index contributed by atoms with van der Waals surface area (Å²) in [5.41, 5.74) is 5.29. The number of fused-ring (bicyclic) bond motifs is 1. The lowest BCUT2D eigenvalue weighted by Crippen LogP contribution is -2.38. The van der Waals surface area contributed by atoms with Crippen molar-refractivity contribution in [3.8, 4) is 22.6 Å². The van der Waals surface area contributed by atoms with E-state index >= 15 is 0 Å². The molecule has 36 heavy (non-hydrogen) atoms. The van der Waals surface area contributed by atoms with E-state index in [-0.39, 0.29) is 6.10 Å². The molecule has 1 atom stereocenters. The summed E-state index contributed by atoms with van der Waals surface area (Å²) in [4.78, 5) is 11.5. The number of methoxy groups -OCH3 is 1. The van der Waals surface area contributed by atoms with Crippen molar-refractivity contribution in [3.05, 3.63) is 75.3 Å². The molecule has 5 rings (SSSR count). The van der Waals surface area contributed by atoms with Crippen molar-refractivity contribution >= 4 is 34.9 Å². The molecule has 1 saturated carbocycles. The van der Waals surface area contributed by atoms with Gasteiger partial charge in [-0.2, -0.15) is 0 Å². The van der Waals surface area contributed by atoms with Crippen LogP contribution in [-0.2, 0) is 17.8 Å². The van der Waals surface area contributed by atoms with Crippen LogP contribution in [0.4, 0.5) is 5.69 Å². The summed E-state index contributed by atoms with van der Waals surface area (Å²) in [5.74, 6) is 0.312. The molecule has 6 nitrogen and oxygen atoms in total. The Kier molecular flexibility index (Phi) is 6.77. The number of hydrogen-bond donors (Lipinski definition) is 3. The summed E-state index contributed by atoms with van der Waals surface area (Å²) < 4.78 is 12.0. The van der Waals surface area contributed by atoms with Crippen LogP contribution in [0.15, 0.2) is 48.5 Å². The van der Waals surface area contributed by atoms with E-state index in [2.05, 4.69) is 22.8 Å². The van der Waals surface area contributed by atoms with E-state index in [1.165, 1.54) is 5.56 Å². The summed E-state index contributed by atoms with van der Waals surface area (Å²) in [5, 5.41) is 16.9. The monoisotopic (exact) mass is 526 g/mol. The number of carbonyl (C=O) groups is 1. The third-order valence-electron chi connectivity index (χ3n) is 7.15. The lowest BCUT2D eigenvalue weighted by Gasteiger charge is -2.20. The van der Waals surface area contributed by atoms with Crippen LogP contribution < -0.4 is 20.1 Å². The maximum absolute atomic E-state index is 11.5. The maximum Gasteiger partial charge on any atom is 0.323 e. The predicted octanol–water partition coefficient (Wildman–Crippen LogP) is 6.48. The van der Waals surface area contributed by atoms with E-state index in [1.807, 2.05) is 31.3 Å². The number of nitrogens with one attached hydrogen (secondary N) is 2. The Morgan fingerprint density at radius 1 is 1.11 bits per heavy atom. The molecule has 0 spiro atoms. The van der Waals surface area contributed by atoms with E-state index < -0.39 is 11.5 Å². The first-order valence-electron chi connectivity index (χ1n) is 12.0. The number of aliphatic carboxylic acids is 1. The van der Waals surface area contributed by atoms with Gasteiger partial charge in [-0.25, -0.2) is 0 Å². The highest BCUT2D eigenvalue weighted by atomic mass is 35.5. The van der Waals surface area contributed by atoms with Crippen LogP contribution in [0.3, 0.4) is 0 Å². The van der Waals surface area contributed by atoms with Gasteiger partial charge < -0.3 is 19.9 Å². The van der Waals surface area contributed by atoms with Crippen molar-refractivity contribution in [2.24, 2.45) is 0 Å². The zero-order valence-electron chi connectivity index (χ0n) is 20.2. The Morgan fingerprint density at radius 2 is 1.86 bits per heavy atom. The van der Waals surface area contributed by atoms with E-state index in [9.17, 15) is 9.90 Å². The van der Waals surface area contributed by atoms with Gasteiger partial charge in [0, 0.05) is 30.8 Å². The van der Waals surface area contributed by atoms with Crippen LogP contribution >= 0.6 is 23.2 Å². The van der Waals surface area contributed by atoms with Crippen molar-refractivity contribution in [3.63, 3.8) is 0 Å². The molecule has 2 aliphatic carbocycles. The van der Waals surface area contributed by atoms with E-state index in [1.54, 1.807) is 19.2 Å². The summed E-state index contributed by atoms with van der Waals surface area (Å²) in [6, 6.07) is 15.8. The molecule has 0 radical (unpaired) electrons. The second-order valence-corrected chi connectivity index (χ2v) is 10.1. The second-order valence-electron chi connectivity index (χ2n) is 9.27. The van der Waals surface area contributed by atoms with Gasteiger partial charge in [0.25, 0.3) is 0 Å². The highest BCUT2D eigenvalue weighted by Gasteiger charge is 2.49. The highest BCUT2D eigenvalue weighted by Crippen LogP contribution is 2.45. The third kappa shape index (κ3) is 4.49. The predicted molar refractivity (Wildman–Crippen MR) is 143 cm³/mol. The SMILES string of the molecule is CNc1cccc(-c2cccc3c2CCC3Oc2cc(OC)c(CNC3(C(=O)O)CC3)cc2Cl)c1Cl.